The minimum Gasteiger partial charge on any atom is -0.457 e. The maximum Gasteiger partial charge on any atom is 0.252 e. The molecule has 13 aromatic carbocycles. The van der Waals surface area contributed by atoms with Crippen LogP contribution in [0.5, 0.6) is 11.5 Å². The molecule has 0 aliphatic carbocycles. The highest BCUT2D eigenvalue weighted by molar-refractivity contribution is 7.00. The predicted molar refractivity (Wildman–Crippen MR) is 353 cm³/mol. The minimum atomic E-state index is -0.00983. The number of ether oxygens (including phenoxy) is 1. The Bertz CT molecular complexity index is 4260. The van der Waals surface area contributed by atoms with Crippen LogP contribution in [0, 0.1) is 0 Å². The molecule has 5 nitrogen and oxygen atoms in total. The average molecular weight is 1080 g/mol. The van der Waals surface area contributed by atoms with Gasteiger partial charge < -0.3 is 24.3 Å². The second-order valence-corrected chi connectivity index (χ2v) is 21.3. The molecule has 2 aliphatic heterocycles. The zero-order valence-electron chi connectivity index (χ0n) is 46.0. The van der Waals surface area contributed by atoms with Gasteiger partial charge in [0.25, 0.3) is 6.71 Å². The summed E-state index contributed by atoms with van der Waals surface area (Å²) in [5, 5.41) is 0. The Labute approximate surface area is 491 Å². The number of hydrogen-bond acceptors (Lipinski definition) is 5. The van der Waals surface area contributed by atoms with Crippen molar-refractivity contribution in [1.82, 2.24) is 0 Å². The first-order valence-corrected chi connectivity index (χ1v) is 28.7. The van der Waals surface area contributed by atoms with Crippen LogP contribution >= 0.6 is 0 Å². The lowest BCUT2D eigenvalue weighted by molar-refractivity contribution is 0.483. The van der Waals surface area contributed by atoms with Crippen molar-refractivity contribution < 1.29 is 4.74 Å². The molecule has 0 amide bonds. The highest BCUT2D eigenvalue weighted by Crippen LogP contribution is 2.49. The van der Waals surface area contributed by atoms with Gasteiger partial charge >= 0.3 is 0 Å². The number of anilines is 12. The minimum absolute atomic E-state index is 0.00983. The van der Waals surface area contributed by atoms with Gasteiger partial charge in [-0.25, -0.2) is 0 Å². The van der Waals surface area contributed by atoms with Crippen molar-refractivity contribution in [2.24, 2.45) is 0 Å². The van der Waals surface area contributed by atoms with Crippen molar-refractivity contribution in [2.45, 2.75) is 0 Å². The van der Waals surface area contributed by atoms with E-state index in [1.807, 2.05) is 0 Å². The van der Waals surface area contributed by atoms with E-state index in [9.17, 15) is 0 Å². The van der Waals surface area contributed by atoms with E-state index < -0.39 is 0 Å². The van der Waals surface area contributed by atoms with E-state index in [0.717, 1.165) is 102 Å². The third-order valence-corrected chi connectivity index (χ3v) is 16.1. The Balaban J connectivity index is 0.916. The second kappa shape index (κ2) is 21.8. The SMILES string of the molecule is c1ccc(-c2cc(-c3ccccc3)cc(-c3cc(Oc4cccc(N(c5ccccc5)c5cc6c7c(c5)N(c5ccccc5)c5ccccc5B7c5ccccc5N6c5ccccc5)c4)cc(N(c4ccccc4)c4ccccc4)c3)c2)cc1. The van der Waals surface area contributed by atoms with Crippen LogP contribution in [-0.2, 0) is 0 Å². The van der Waals surface area contributed by atoms with Crippen molar-refractivity contribution >= 4 is 91.3 Å². The largest absolute Gasteiger partial charge is 0.457 e. The van der Waals surface area contributed by atoms with Crippen LogP contribution in [0.15, 0.2) is 334 Å². The predicted octanol–water partition coefficient (Wildman–Crippen LogP) is 19.5. The molecular weight excluding hydrogens is 1020 g/mol. The first kappa shape index (κ1) is 49.9. The first-order chi connectivity index (χ1) is 41.7. The Morgan fingerprint density at radius 1 is 0.238 bits per heavy atom. The summed E-state index contributed by atoms with van der Waals surface area (Å²) in [5.74, 6) is 1.40. The molecule has 2 aliphatic rings. The molecule has 15 rings (SSSR count). The third-order valence-electron chi connectivity index (χ3n) is 16.1. The summed E-state index contributed by atoms with van der Waals surface area (Å²) in [5.41, 5.74) is 23.2. The van der Waals surface area contributed by atoms with Crippen molar-refractivity contribution in [3.05, 3.63) is 334 Å². The number of para-hydroxylation sites is 7. The second-order valence-electron chi connectivity index (χ2n) is 21.3. The quantitative estimate of drug-likeness (QED) is 0.107. The molecule has 0 bridgehead atoms. The van der Waals surface area contributed by atoms with Crippen LogP contribution in [0.1, 0.15) is 0 Å². The fraction of sp³-hybridized carbons (Fsp3) is 0. The normalized spacial score (nSPS) is 12.0. The maximum atomic E-state index is 7.31. The topological polar surface area (TPSA) is 22.2 Å². The van der Waals surface area contributed by atoms with E-state index in [-0.39, 0.29) is 6.71 Å². The van der Waals surface area contributed by atoms with Crippen LogP contribution in [0.4, 0.5) is 68.2 Å². The van der Waals surface area contributed by atoms with Gasteiger partial charge in [-0.15, -0.1) is 0 Å². The van der Waals surface area contributed by atoms with Gasteiger partial charge in [-0.3, -0.25) is 0 Å². The van der Waals surface area contributed by atoms with Crippen molar-refractivity contribution in [2.75, 3.05) is 19.6 Å². The number of fused-ring (bicyclic) bond motifs is 4. The molecule has 6 heteroatoms. The molecule has 0 atom stereocenters. The van der Waals surface area contributed by atoms with E-state index in [1.165, 1.54) is 16.4 Å². The number of benzene rings is 13. The van der Waals surface area contributed by atoms with Crippen molar-refractivity contribution in [3.8, 4) is 44.9 Å². The smallest absolute Gasteiger partial charge is 0.252 e. The molecule has 2 heterocycles. The van der Waals surface area contributed by atoms with Gasteiger partial charge in [0.1, 0.15) is 11.5 Å². The maximum absolute atomic E-state index is 7.31. The molecule has 13 aromatic rings. The molecule has 0 saturated carbocycles. The zero-order valence-corrected chi connectivity index (χ0v) is 46.0. The molecule has 0 N–H and O–H groups in total. The Kier molecular flexibility index (Phi) is 12.9. The lowest BCUT2D eigenvalue weighted by Gasteiger charge is -2.45. The summed E-state index contributed by atoms with van der Waals surface area (Å²) in [7, 11) is 0. The summed E-state index contributed by atoms with van der Waals surface area (Å²) < 4.78 is 7.31. The molecular formula is C78H55BN4O. The third kappa shape index (κ3) is 9.32. The van der Waals surface area contributed by atoms with Gasteiger partial charge in [-0.2, -0.15) is 0 Å². The number of nitrogens with zero attached hydrogens (tertiary/aromatic N) is 4. The van der Waals surface area contributed by atoms with E-state index in [0.29, 0.717) is 11.5 Å². The molecule has 84 heavy (non-hydrogen) atoms. The molecule has 0 aromatic heterocycles. The summed E-state index contributed by atoms with van der Waals surface area (Å²) in [4.78, 5) is 9.61. The van der Waals surface area contributed by atoms with E-state index in [4.69, 9.17) is 4.74 Å². The van der Waals surface area contributed by atoms with Crippen molar-refractivity contribution in [3.63, 3.8) is 0 Å². The molecule has 0 unspecified atom stereocenters. The Morgan fingerprint density at radius 3 is 1.07 bits per heavy atom. The van der Waals surface area contributed by atoms with Crippen LogP contribution in [0.2, 0.25) is 0 Å². The highest BCUT2D eigenvalue weighted by Gasteiger charge is 2.43. The molecule has 0 saturated heterocycles. The fourth-order valence-electron chi connectivity index (χ4n) is 12.5. The summed E-state index contributed by atoms with van der Waals surface area (Å²) in [6, 6.07) is 120. The van der Waals surface area contributed by atoms with Crippen LogP contribution in [0.3, 0.4) is 0 Å². The standard InChI is InChI=1S/C78H55BN4O/c1-8-27-56(28-9-1)58-47-59(57-29-10-2-11-30-57)49-60(48-58)61-50-68(80(62-31-12-3-13-32-62)63-33-14-4-15-34-63)53-71(51-61)84-70-42-26-41-67(52-70)81(64-35-16-5-17-36-64)69-54-76-78-77(55-69)83(66-39-20-7-21-40-66)75-46-25-23-44-73(75)79(78)72-43-22-24-45-74(72)82(76)65-37-18-6-19-38-65/h1-55H. The van der Waals surface area contributed by atoms with Gasteiger partial charge in [0, 0.05) is 69.0 Å². The van der Waals surface area contributed by atoms with Gasteiger partial charge in [0.2, 0.25) is 0 Å². The van der Waals surface area contributed by atoms with E-state index in [2.05, 4.69) is 353 Å². The Hall–Kier alpha value is -11.1. The van der Waals surface area contributed by atoms with Crippen LogP contribution in [-0.4, -0.2) is 6.71 Å². The highest BCUT2D eigenvalue weighted by atomic mass is 16.5. The Morgan fingerprint density at radius 2 is 0.595 bits per heavy atom. The van der Waals surface area contributed by atoms with Gasteiger partial charge in [0.05, 0.1) is 11.4 Å². The van der Waals surface area contributed by atoms with E-state index >= 15 is 0 Å². The monoisotopic (exact) mass is 1070 g/mol. The summed E-state index contributed by atoms with van der Waals surface area (Å²) in [6.45, 7) is -0.00983. The zero-order chi connectivity index (χ0) is 55.8. The fourth-order valence-corrected chi connectivity index (χ4v) is 12.5. The van der Waals surface area contributed by atoms with E-state index in [1.54, 1.807) is 0 Å². The van der Waals surface area contributed by atoms with Gasteiger partial charge in [0.15, 0.2) is 0 Å². The number of hydrogen-bond donors (Lipinski definition) is 0. The first-order valence-electron chi connectivity index (χ1n) is 28.7. The number of rotatable bonds is 13. The molecule has 0 radical (unpaired) electrons. The van der Waals surface area contributed by atoms with Gasteiger partial charge in [-0.1, -0.05) is 194 Å². The lowest BCUT2D eigenvalue weighted by Crippen LogP contribution is -2.61. The van der Waals surface area contributed by atoms with Crippen molar-refractivity contribution in [1.29, 1.82) is 0 Å². The molecule has 0 fully saturated rings. The molecule has 0 spiro atoms. The average Bonchev–Trinajstić information content (AvgIpc) is 1.03. The summed E-state index contributed by atoms with van der Waals surface area (Å²) >= 11 is 0. The van der Waals surface area contributed by atoms with Crippen LogP contribution in [0.25, 0.3) is 33.4 Å². The molecule has 396 valence electrons. The van der Waals surface area contributed by atoms with Gasteiger partial charge in [-0.05, 0) is 177 Å². The lowest BCUT2D eigenvalue weighted by atomic mass is 9.33. The summed E-state index contributed by atoms with van der Waals surface area (Å²) in [6.07, 6.45) is 0. The van der Waals surface area contributed by atoms with Crippen LogP contribution < -0.4 is 40.7 Å².